The van der Waals surface area contributed by atoms with Crippen molar-refractivity contribution in [3.8, 4) is 11.5 Å². The molecule has 0 saturated heterocycles. The fourth-order valence-corrected chi connectivity index (χ4v) is 5.85. The Kier molecular flexibility index (Phi) is 5.23. The normalized spacial score (nSPS) is 30.3. The van der Waals surface area contributed by atoms with Crippen molar-refractivity contribution in [3.63, 3.8) is 0 Å². The number of nitrogens with one attached hydrogen (secondary N) is 2. The van der Waals surface area contributed by atoms with Gasteiger partial charge in [-0.1, -0.05) is 0 Å². The monoisotopic (exact) mass is 400 g/mol. The number of amides is 3. The maximum Gasteiger partial charge on any atom is 0.321 e. The van der Waals surface area contributed by atoms with Gasteiger partial charge in [-0.2, -0.15) is 0 Å². The topological polar surface area (TPSA) is 93.7 Å². The Morgan fingerprint density at radius 1 is 1.14 bits per heavy atom. The van der Waals surface area contributed by atoms with Gasteiger partial charge in [0.05, 0.1) is 12.7 Å². The minimum absolute atomic E-state index is 0.163. The molecule has 7 heteroatoms. The average Bonchev–Trinajstić information content (AvgIpc) is 2.66. The van der Waals surface area contributed by atoms with Crippen LogP contribution in [0.1, 0.15) is 55.8 Å². The lowest BCUT2D eigenvalue weighted by Crippen LogP contribution is -2.62. The summed E-state index contributed by atoms with van der Waals surface area (Å²) in [6.07, 6.45) is 6.61. The van der Waals surface area contributed by atoms with Crippen LogP contribution in [0.15, 0.2) is 18.2 Å². The number of rotatable bonds is 6. The molecule has 4 aliphatic rings. The number of aldehydes is 1. The molecule has 7 nitrogen and oxygen atoms in total. The number of urea groups is 1. The van der Waals surface area contributed by atoms with Gasteiger partial charge in [0.25, 0.3) is 5.91 Å². The third kappa shape index (κ3) is 4.09. The maximum absolute atomic E-state index is 12.5. The maximum atomic E-state index is 12.5. The van der Waals surface area contributed by atoms with Crippen molar-refractivity contribution in [1.82, 2.24) is 10.6 Å². The molecule has 2 N–H and O–H groups in total. The molecular weight excluding hydrogens is 372 g/mol. The number of hydrogen-bond acceptors (Lipinski definition) is 5. The molecular formula is C22H28N2O5. The van der Waals surface area contributed by atoms with E-state index in [1.54, 1.807) is 19.1 Å². The van der Waals surface area contributed by atoms with E-state index in [1.807, 2.05) is 0 Å². The van der Waals surface area contributed by atoms with Crippen molar-refractivity contribution < 1.29 is 23.9 Å². The van der Waals surface area contributed by atoms with E-state index in [9.17, 15) is 14.4 Å². The minimum atomic E-state index is -0.927. The number of hydrogen-bond donors (Lipinski definition) is 2. The second-order valence-electron chi connectivity index (χ2n) is 8.92. The van der Waals surface area contributed by atoms with E-state index in [4.69, 9.17) is 9.47 Å². The van der Waals surface area contributed by atoms with E-state index in [-0.39, 0.29) is 16.9 Å². The van der Waals surface area contributed by atoms with Gasteiger partial charge in [0.2, 0.25) is 0 Å². The van der Waals surface area contributed by atoms with Crippen molar-refractivity contribution in [1.29, 1.82) is 0 Å². The van der Waals surface area contributed by atoms with Crippen molar-refractivity contribution in [2.75, 3.05) is 7.11 Å². The molecule has 1 atom stereocenters. The molecule has 1 aromatic rings. The molecule has 156 valence electrons. The van der Waals surface area contributed by atoms with Gasteiger partial charge in [0.15, 0.2) is 12.4 Å². The summed E-state index contributed by atoms with van der Waals surface area (Å²) >= 11 is 0. The van der Waals surface area contributed by atoms with Crippen LogP contribution in [-0.2, 0) is 4.79 Å². The Hall–Kier alpha value is -2.57. The van der Waals surface area contributed by atoms with Crippen LogP contribution in [0.2, 0.25) is 0 Å². The van der Waals surface area contributed by atoms with Gasteiger partial charge < -0.3 is 14.8 Å². The Balaban J connectivity index is 1.34. The second kappa shape index (κ2) is 7.69. The SMILES string of the molecule is COc1ccc(OC(C)C(=O)NC(=O)NC23CC4CC(CC(C4)C2)C3)c(C=O)c1. The van der Waals surface area contributed by atoms with Crippen molar-refractivity contribution >= 4 is 18.2 Å². The van der Waals surface area contributed by atoms with E-state index in [0.29, 0.717) is 29.8 Å². The lowest BCUT2D eigenvalue weighted by molar-refractivity contribution is -0.126. The summed E-state index contributed by atoms with van der Waals surface area (Å²) in [5, 5.41) is 5.52. The first-order valence-electron chi connectivity index (χ1n) is 10.3. The standard InChI is InChI=1S/C22H28N2O5/c1-13(29-19-4-3-18(28-2)8-17(19)12-25)20(26)23-21(27)24-22-9-14-5-15(10-22)7-16(6-14)11-22/h3-4,8,12-16H,5-7,9-11H2,1-2H3,(H2,23,24,26,27). The summed E-state index contributed by atoms with van der Waals surface area (Å²) in [5.74, 6) is 2.36. The number of carbonyl (C=O) groups is 3. The molecule has 1 unspecified atom stereocenters. The number of imide groups is 1. The van der Waals surface area contributed by atoms with E-state index >= 15 is 0 Å². The largest absolute Gasteiger partial charge is 0.497 e. The molecule has 4 saturated carbocycles. The van der Waals surface area contributed by atoms with Crippen LogP contribution < -0.4 is 20.1 Å². The average molecular weight is 400 g/mol. The highest BCUT2D eigenvalue weighted by molar-refractivity contribution is 5.97. The molecule has 1 aromatic carbocycles. The molecule has 3 amide bonds. The zero-order valence-electron chi connectivity index (χ0n) is 16.9. The molecule has 0 spiro atoms. The smallest absolute Gasteiger partial charge is 0.321 e. The van der Waals surface area contributed by atoms with E-state index < -0.39 is 18.0 Å². The molecule has 4 aliphatic carbocycles. The van der Waals surface area contributed by atoms with E-state index in [2.05, 4.69) is 10.6 Å². The van der Waals surface area contributed by atoms with Crippen LogP contribution in [0.3, 0.4) is 0 Å². The number of ether oxygens (including phenoxy) is 2. The molecule has 0 aromatic heterocycles. The van der Waals surface area contributed by atoms with E-state index in [0.717, 1.165) is 19.3 Å². The Morgan fingerprint density at radius 3 is 2.31 bits per heavy atom. The summed E-state index contributed by atoms with van der Waals surface area (Å²) in [5.41, 5.74) is 0.117. The third-order valence-electron chi connectivity index (χ3n) is 6.67. The Bertz CT molecular complexity index is 786. The van der Waals surface area contributed by atoms with Gasteiger partial charge in [0.1, 0.15) is 11.5 Å². The van der Waals surface area contributed by atoms with Gasteiger partial charge in [-0.25, -0.2) is 4.79 Å². The van der Waals surface area contributed by atoms with Gasteiger partial charge in [-0.3, -0.25) is 14.9 Å². The van der Waals surface area contributed by atoms with Crippen molar-refractivity contribution in [3.05, 3.63) is 23.8 Å². The van der Waals surface area contributed by atoms with Crippen LogP contribution in [0.25, 0.3) is 0 Å². The van der Waals surface area contributed by atoms with Crippen LogP contribution in [-0.4, -0.2) is 37.0 Å². The molecule has 0 heterocycles. The predicted molar refractivity (Wildman–Crippen MR) is 106 cm³/mol. The highest BCUT2D eigenvalue weighted by Gasteiger charge is 2.51. The fraction of sp³-hybridized carbons (Fsp3) is 0.591. The van der Waals surface area contributed by atoms with Crippen LogP contribution >= 0.6 is 0 Å². The summed E-state index contributed by atoms with van der Waals surface area (Å²) in [4.78, 5) is 36.3. The Morgan fingerprint density at radius 2 is 1.76 bits per heavy atom. The first kappa shape index (κ1) is 19.7. The number of benzene rings is 1. The summed E-state index contributed by atoms with van der Waals surface area (Å²) < 4.78 is 10.7. The van der Waals surface area contributed by atoms with Crippen molar-refractivity contribution in [2.45, 2.75) is 57.1 Å². The minimum Gasteiger partial charge on any atom is -0.497 e. The van der Waals surface area contributed by atoms with Gasteiger partial charge >= 0.3 is 6.03 Å². The van der Waals surface area contributed by atoms with Crippen molar-refractivity contribution in [2.24, 2.45) is 17.8 Å². The zero-order chi connectivity index (χ0) is 20.6. The highest BCUT2D eigenvalue weighted by Crippen LogP contribution is 2.55. The molecule has 4 bridgehead atoms. The molecule has 4 fully saturated rings. The lowest BCUT2D eigenvalue weighted by Gasteiger charge is -2.56. The number of carbonyl (C=O) groups excluding carboxylic acids is 3. The zero-order valence-corrected chi connectivity index (χ0v) is 16.9. The predicted octanol–water partition coefficient (Wildman–Crippen LogP) is 3.07. The van der Waals surface area contributed by atoms with Crippen LogP contribution in [0.5, 0.6) is 11.5 Å². The Labute approximate surface area is 170 Å². The highest BCUT2D eigenvalue weighted by atomic mass is 16.5. The van der Waals surface area contributed by atoms with Crippen LogP contribution in [0, 0.1) is 17.8 Å². The lowest BCUT2D eigenvalue weighted by atomic mass is 9.53. The van der Waals surface area contributed by atoms with Crippen LogP contribution in [0.4, 0.5) is 4.79 Å². The van der Waals surface area contributed by atoms with Gasteiger partial charge in [-0.15, -0.1) is 0 Å². The van der Waals surface area contributed by atoms with Gasteiger partial charge in [0, 0.05) is 5.54 Å². The van der Waals surface area contributed by atoms with Gasteiger partial charge in [-0.05, 0) is 81.4 Å². The fourth-order valence-electron chi connectivity index (χ4n) is 5.85. The first-order valence-corrected chi connectivity index (χ1v) is 10.3. The van der Waals surface area contributed by atoms with E-state index in [1.165, 1.54) is 32.4 Å². The third-order valence-corrected chi connectivity index (χ3v) is 6.67. The first-order chi connectivity index (χ1) is 13.9. The summed E-state index contributed by atoms with van der Waals surface area (Å²) in [7, 11) is 1.50. The molecule has 0 radical (unpaired) electrons. The molecule has 29 heavy (non-hydrogen) atoms. The summed E-state index contributed by atoms with van der Waals surface area (Å²) in [6.45, 7) is 1.55. The molecule has 0 aliphatic heterocycles. The molecule has 5 rings (SSSR count). The second-order valence-corrected chi connectivity index (χ2v) is 8.92. The number of methoxy groups -OCH3 is 1. The summed E-state index contributed by atoms with van der Waals surface area (Å²) in [6, 6.07) is 4.29. The quantitative estimate of drug-likeness (QED) is 0.716.